The first-order valence-corrected chi connectivity index (χ1v) is 7.46. The van der Waals surface area contributed by atoms with Crippen molar-refractivity contribution in [3.8, 4) is 0 Å². The van der Waals surface area contributed by atoms with Gasteiger partial charge in [-0.05, 0) is 43.7 Å². The van der Waals surface area contributed by atoms with E-state index >= 15 is 0 Å². The number of carbonyl (C=O) groups is 2. The van der Waals surface area contributed by atoms with Gasteiger partial charge in [0.25, 0.3) is 0 Å². The van der Waals surface area contributed by atoms with Crippen molar-refractivity contribution in [1.29, 1.82) is 0 Å². The summed E-state index contributed by atoms with van der Waals surface area (Å²) in [6.45, 7) is 4.00. The number of hydrogen-bond acceptors (Lipinski definition) is 3. The number of hydrogen-bond donors (Lipinski definition) is 2. The lowest BCUT2D eigenvalue weighted by atomic mass is 10.0. The minimum absolute atomic E-state index is 0.0763. The van der Waals surface area contributed by atoms with Crippen molar-refractivity contribution in [2.75, 3.05) is 0 Å². The standard InChI is InChI=1S/C17H19NO4/c1-9-3-6-13-12(8-22-16(13)10(9)2)7-14(19)18-15(17(20)21)11-4-5-11/h3,6,8,11,15H,4-5,7H2,1-2H3,(H,18,19)(H,20,21). The third-order valence-electron chi connectivity index (χ3n) is 4.37. The number of rotatable bonds is 5. The fourth-order valence-corrected chi connectivity index (χ4v) is 2.73. The van der Waals surface area contributed by atoms with Crippen LogP contribution in [-0.2, 0) is 16.0 Å². The molecule has 1 amide bonds. The quantitative estimate of drug-likeness (QED) is 0.889. The van der Waals surface area contributed by atoms with Crippen LogP contribution in [0.3, 0.4) is 0 Å². The second-order valence-electron chi connectivity index (χ2n) is 6.04. The number of aryl methyl sites for hydroxylation is 2. The van der Waals surface area contributed by atoms with Crippen LogP contribution >= 0.6 is 0 Å². The monoisotopic (exact) mass is 301 g/mol. The van der Waals surface area contributed by atoms with Crippen LogP contribution in [0.5, 0.6) is 0 Å². The summed E-state index contributed by atoms with van der Waals surface area (Å²) in [6.07, 6.45) is 3.45. The zero-order valence-electron chi connectivity index (χ0n) is 12.7. The molecule has 116 valence electrons. The predicted octanol–water partition coefficient (Wildman–Crippen LogP) is 2.57. The van der Waals surface area contributed by atoms with E-state index in [4.69, 9.17) is 9.52 Å². The highest BCUT2D eigenvalue weighted by Gasteiger charge is 2.37. The molecule has 1 aromatic heterocycles. The molecule has 2 N–H and O–H groups in total. The van der Waals surface area contributed by atoms with E-state index in [2.05, 4.69) is 5.32 Å². The average molecular weight is 301 g/mol. The second kappa shape index (κ2) is 5.48. The maximum Gasteiger partial charge on any atom is 0.326 e. The van der Waals surface area contributed by atoms with Crippen LogP contribution in [-0.4, -0.2) is 23.0 Å². The van der Waals surface area contributed by atoms with Crippen molar-refractivity contribution in [2.45, 2.75) is 39.2 Å². The number of amides is 1. The average Bonchev–Trinajstić information content (AvgIpc) is 3.22. The predicted molar refractivity (Wildman–Crippen MR) is 81.7 cm³/mol. The third kappa shape index (κ3) is 2.71. The number of carboxylic acid groups (broad SMARTS) is 1. The Morgan fingerprint density at radius 3 is 2.73 bits per heavy atom. The van der Waals surface area contributed by atoms with Crippen LogP contribution < -0.4 is 5.32 Å². The van der Waals surface area contributed by atoms with E-state index < -0.39 is 12.0 Å². The van der Waals surface area contributed by atoms with Crippen LogP contribution in [0.4, 0.5) is 0 Å². The highest BCUT2D eigenvalue weighted by atomic mass is 16.4. The first kappa shape index (κ1) is 14.6. The number of fused-ring (bicyclic) bond motifs is 1. The van der Waals surface area contributed by atoms with E-state index in [1.165, 1.54) is 0 Å². The van der Waals surface area contributed by atoms with E-state index in [1.807, 2.05) is 26.0 Å². The molecule has 5 nitrogen and oxygen atoms in total. The summed E-state index contributed by atoms with van der Waals surface area (Å²) < 4.78 is 5.58. The normalized spacial score (nSPS) is 15.7. The van der Waals surface area contributed by atoms with Gasteiger partial charge >= 0.3 is 5.97 Å². The molecular formula is C17H19NO4. The van der Waals surface area contributed by atoms with Gasteiger partial charge in [-0.25, -0.2) is 4.79 Å². The van der Waals surface area contributed by atoms with Crippen molar-refractivity contribution in [1.82, 2.24) is 5.32 Å². The molecule has 1 unspecified atom stereocenters. The van der Waals surface area contributed by atoms with Gasteiger partial charge in [0.1, 0.15) is 11.6 Å². The number of benzene rings is 1. The smallest absolute Gasteiger partial charge is 0.326 e. The largest absolute Gasteiger partial charge is 0.480 e. The zero-order valence-corrected chi connectivity index (χ0v) is 12.7. The molecule has 1 heterocycles. The van der Waals surface area contributed by atoms with Crippen molar-refractivity contribution in [3.63, 3.8) is 0 Å². The highest BCUT2D eigenvalue weighted by molar-refractivity contribution is 5.91. The molecule has 1 saturated carbocycles. The lowest BCUT2D eigenvalue weighted by Crippen LogP contribution is -2.43. The second-order valence-corrected chi connectivity index (χ2v) is 6.04. The molecule has 1 aromatic carbocycles. The van der Waals surface area contributed by atoms with Crippen LogP contribution in [0.25, 0.3) is 11.0 Å². The first-order valence-electron chi connectivity index (χ1n) is 7.46. The Bertz CT molecular complexity index is 742. The molecule has 5 heteroatoms. The van der Waals surface area contributed by atoms with Crippen LogP contribution in [0.1, 0.15) is 29.5 Å². The summed E-state index contributed by atoms with van der Waals surface area (Å²) in [5, 5.41) is 12.7. The summed E-state index contributed by atoms with van der Waals surface area (Å²) in [5.41, 5.74) is 3.78. The van der Waals surface area contributed by atoms with Crippen molar-refractivity contribution in [2.24, 2.45) is 5.92 Å². The van der Waals surface area contributed by atoms with Gasteiger partial charge in [0.05, 0.1) is 12.7 Å². The fraction of sp³-hybridized carbons (Fsp3) is 0.412. The SMILES string of the molecule is Cc1ccc2c(CC(=O)NC(C(=O)O)C3CC3)coc2c1C. The van der Waals surface area contributed by atoms with Crippen molar-refractivity contribution >= 4 is 22.8 Å². The number of aliphatic carboxylic acids is 1. The van der Waals surface area contributed by atoms with Gasteiger partial charge in [0.15, 0.2) is 0 Å². The van der Waals surface area contributed by atoms with Gasteiger partial charge in [-0.2, -0.15) is 0 Å². The topological polar surface area (TPSA) is 79.5 Å². The molecular weight excluding hydrogens is 282 g/mol. The van der Waals surface area contributed by atoms with E-state index in [9.17, 15) is 9.59 Å². The molecule has 1 aliphatic rings. The summed E-state index contributed by atoms with van der Waals surface area (Å²) in [6, 6.07) is 3.17. The molecule has 0 bridgehead atoms. The summed E-state index contributed by atoms with van der Waals surface area (Å²) in [4.78, 5) is 23.3. The molecule has 0 saturated heterocycles. The molecule has 3 rings (SSSR count). The Hall–Kier alpha value is -2.30. The minimum atomic E-state index is -0.959. The summed E-state index contributed by atoms with van der Waals surface area (Å²) >= 11 is 0. The lowest BCUT2D eigenvalue weighted by Gasteiger charge is -2.13. The molecule has 0 spiro atoms. The Morgan fingerprint density at radius 1 is 1.36 bits per heavy atom. The van der Waals surface area contributed by atoms with Crippen molar-refractivity contribution in [3.05, 3.63) is 35.1 Å². The maximum absolute atomic E-state index is 12.1. The molecule has 0 radical (unpaired) electrons. The first-order chi connectivity index (χ1) is 10.5. The molecule has 22 heavy (non-hydrogen) atoms. The van der Waals surface area contributed by atoms with Crippen LogP contribution in [0.15, 0.2) is 22.8 Å². The van der Waals surface area contributed by atoms with Crippen molar-refractivity contribution < 1.29 is 19.1 Å². The van der Waals surface area contributed by atoms with E-state index in [0.29, 0.717) is 0 Å². The number of nitrogens with one attached hydrogen (secondary N) is 1. The van der Waals surface area contributed by atoms with E-state index in [-0.39, 0.29) is 18.2 Å². The minimum Gasteiger partial charge on any atom is -0.480 e. The van der Waals surface area contributed by atoms with Crippen LogP contribution in [0, 0.1) is 19.8 Å². The van der Waals surface area contributed by atoms with Gasteiger partial charge in [0.2, 0.25) is 5.91 Å². The van der Waals surface area contributed by atoms with Gasteiger partial charge in [-0.15, -0.1) is 0 Å². The summed E-state index contributed by atoms with van der Waals surface area (Å²) in [7, 11) is 0. The Labute approximate surface area is 128 Å². The lowest BCUT2D eigenvalue weighted by molar-refractivity contribution is -0.142. The number of furan rings is 1. The highest BCUT2D eigenvalue weighted by Crippen LogP contribution is 2.33. The van der Waals surface area contributed by atoms with Crippen LogP contribution in [0.2, 0.25) is 0 Å². The van der Waals surface area contributed by atoms with Gasteiger partial charge in [-0.1, -0.05) is 12.1 Å². The Balaban J connectivity index is 1.77. The van der Waals surface area contributed by atoms with E-state index in [1.54, 1.807) is 6.26 Å². The molecule has 0 aliphatic heterocycles. The molecule has 1 fully saturated rings. The fourth-order valence-electron chi connectivity index (χ4n) is 2.73. The Kier molecular flexibility index (Phi) is 3.64. The number of carboxylic acids is 1. The Morgan fingerprint density at radius 2 is 2.09 bits per heavy atom. The maximum atomic E-state index is 12.1. The molecule has 1 aliphatic carbocycles. The molecule has 2 aromatic rings. The number of carbonyl (C=O) groups excluding carboxylic acids is 1. The summed E-state index contributed by atoms with van der Waals surface area (Å²) in [5.74, 6) is -1.16. The van der Waals surface area contributed by atoms with Gasteiger partial charge in [0, 0.05) is 10.9 Å². The van der Waals surface area contributed by atoms with E-state index in [0.717, 1.165) is 40.5 Å². The van der Waals surface area contributed by atoms with Gasteiger partial charge < -0.3 is 14.8 Å². The molecule has 1 atom stereocenters. The third-order valence-corrected chi connectivity index (χ3v) is 4.37. The van der Waals surface area contributed by atoms with Gasteiger partial charge in [-0.3, -0.25) is 4.79 Å². The zero-order chi connectivity index (χ0) is 15.9.